The maximum absolute atomic E-state index is 8.90. The minimum absolute atomic E-state index is 0.504. The van der Waals surface area contributed by atoms with Crippen molar-refractivity contribution in [1.82, 2.24) is 14.7 Å². The molecule has 1 aromatic heterocycles. The van der Waals surface area contributed by atoms with Crippen molar-refractivity contribution in [3.8, 4) is 17.6 Å². The van der Waals surface area contributed by atoms with E-state index in [0.29, 0.717) is 12.3 Å². The molecule has 120 valence electrons. The molecule has 0 radical (unpaired) electrons. The number of hydrogen-bond donors (Lipinski definition) is 0. The van der Waals surface area contributed by atoms with E-state index in [4.69, 9.17) is 14.7 Å². The van der Waals surface area contributed by atoms with Gasteiger partial charge in [0.15, 0.2) is 5.69 Å². The summed E-state index contributed by atoms with van der Waals surface area (Å²) in [6, 6.07) is 11.6. The highest BCUT2D eigenvalue weighted by atomic mass is 16.5. The van der Waals surface area contributed by atoms with Gasteiger partial charge in [-0.05, 0) is 36.8 Å². The molecule has 3 rings (SSSR count). The summed E-state index contributed by atoms with van der Waals surface area (Å²) < 4.78 is 12.8. The van der Waals surface area contributed by atoms with Gasteiger partial charge in [0.1, 0.15) is 17.6 Å². The second-order valence-corrected chi connectivity index (χ2v) is 5.51. The molecule has 1 aliphatic rings. The SMILES string of the molecule is COc1ccc(OCCCN2CCn3nc(C#N)cc3C2)cc1. The number of nitriles is 1. The van der Waals surface area contributed by atoms with Gasteiger partial charge in [0.05, 0.1) is 26.0 Å². The van der Waals surface area contributed by atoms with Crippen LogP contribution in [-0.4, -0.2) is 41.5 Å². The van der Waals surface area contributed by atoms with Crippen LogP contribution in [0.3, 0.4) is 0 Å². The van der Waals surface area contributed by atoms with Crippen molar-refractivity contribution in [2.45, 2.75) is 19.5 Å². The predicted octanol–water partition coefficient (Wildman–Crippen LogP) is 2.05. The summed E-state index contributed by atoms with van der Waals surface area (Å²) in [6.07, 6.45) is 0.964. The maximum Gasteiger partial charge on any atom is 0.162 e. The lowest BCUT2D eigenvalue weighted by Gasteiger charge is -2.27. The second kappa shape index (κ2) is 7.16. The first-order valence-corrected chi connectivity index (χ1v) is 7.74. The lowest BCUT2D eigenvalue weighted by molar-refractivity contribution is 0.193. The maximum atomic E-state index is 8.90. The van der Waals surface area contributed by atoms with E-state index in [1.54, 1.807) is 7.11 Å². The van der Waals surface area contributed by atoms with Gasteiger partial charge in [-0.25, -0.2) is 0 Å². The van der Waals surface area contributed by atoms with Crippen LogP contribution in [0.1, 0.15) is 17.8 Å². The molecular weight excluding hydrogens is 292 g/mol. The fourth-order valence-electron chi connectivity index (χ4n) is 2.72. The Kier molecular flexibility index (Phi) is 4.79. The second-order valence-electron chi connectivity index (χ2n) is 5.51. The van der Waals surface area contributed by atoms with Gasteiger partial charge in [-0.2, -0.15) is 10.4 Å². The molecule has 1 aromatic carbocycles. The number of fused-ring (bicyclic) bond motifs is 1. The van der Waals surface area contributed by atoms with E-state index in [0.717, 1.165) is 49.8 Å². The first-order chi connectivity index (χ1) is 11.3. The van der Waals surface area contributed by atoms with Crippen LogP contribution in [0.2, 0.25) is 0 Å². The molecule has 1 aliphatic heterocycles. The van der Waals surface area contributed by atoms with Gasteiger partial charge >= 0.3 is 0 Å². The van der Waals surface area contributed by atoms with Crippen LogP contribution in [0.5, 0.6) is 11.5 Å². The number of hydrogen-bond acceptors (Lipinski definition) is 5. The van der Waals surface area contributed by atoms with Gasteiger partial charge in [-0.15, -0.1) is 0 Å². The van der Waals surface area contributed by atoms with Crippen LogP contribution in [0.15, 0.2) is 30.3 Å². The number of aromatic nitrogens is 2. The number of benzene rings is 1. The average Bonchev–Trinajstić information content (AvgIpc) is 3.01. The smallest absolute Gasteiger partial charge is 0.162 e. The molecule has 0 unspecified atom stereocenters. The molecule has 0 spiro atoms. The van der Waals surface area contributed by atoms with Crippen LogP contribution >= 0.6 is 0 Å². The Morgan fingerprint density at radius 3 is 2.74 bits per heavy atom. The Labute approximate surface area is 135 Å². The third-order valence-corrected chi connectivity index (χ3v) is 3.94. The van der Waals surface area contributed by atoms with Crippen LogP contribution in [0.4, 0.5) is 0 Å². The van der Waals surface area contributed by atoms with Gasteiger partial charge in [0.25, 0.3) is 0 Å². The topological polar surface area (TPSA) is 63.3 Å². The summed E-state index contributed by atoms with van der Waals surface area (Å²) in [5, 5.41) is 13.2. The molecule has 23 heavy (non-hydrogen) atoms. The van der Waals surface area contributed by atoms with E-state index in [2.05, 4.69) is 16.1 Å². The van der Waals surface area contributed by atoms with Crippen LogP contribution in [0.25, 0.3) is 0 Å². The summed E-state index contributed by atoms with van der Waals surface area (Å²) in [5.41, 5.74) is 1.62. The van der Waals surface area contributed by atoms with Crippen molar-refractivity contribution >= 4 is 0 Å². The molecule has 0 atom stereocenters. The summed E-state index contributed by atoms with van der Waals surface area (Å²) >= 11 is 0. The molecule has 0 N–H and O–H groups in total. The van der Waals surface area contributed by atoms with E-state index >= 15 is 0 Å². The monoisotopic (exact) mass is 312 g/mol. The van der Waals surface area contributed by atoms with Gasteiger partial charge < -0.3 is 9.47 Å². The molecular formula is C17H20N4O2. The van der Waals surface area contributed by atoms with Gasteiger partial charge in [-0.3, -0.25) is 9.58 Å². The molecule has 6 heteroatoms. The third kappa shape index (κ3) is 3.82. The molecule has 6 nitrogen and oxygen atoms in total. The molecule has 0 saturated heterocycles. The lowest BCUT2D eigenvalue weighted by atomic mass is 10.2. The van der Waals surface area contributed by atoms with E-state index in [1.807, 2.05) is 35.0 Å². The molecule has 2 heterocycles. The predicted molar refractivity (Wildman–Crippen MR) is 85.3 cm³/mol. The molecule has 0 saturated carbocycles. The first kappa shape index (κ1) is 15.4. The van der Waals surface area contributed by atoms with Crippen molar-refractivity contribution in [2.75, 3.05) is 26.8 Å². The molecule has 0 fully saturated rings. The summed E-state index contributed by atoms with van der Waals surface area (Å²) in [7, 11) is 1.65. The minimum atomic E-state index is 0.504. The average molecular weight is 312 g/mol. The van der Waals surface area contributed by atoms with Gasteiger partial charge in [0, 0.05) is 19.6 Å². The quantitative estimate of drug-likeness (QED) is 0.764. The van der Waals surface area contributed by atoms with E-state index < -0.39 is 0 Å². The highest BCUT2D eigenvalue weighted by Crippen LogP contribution is 2.17. The van der Waals surface area contributed by atoms with Crippen molar-refractivity contribution in [3.05, 3.63) is 41.7 Å². The Balaban J connectivity index is 1.42. The normalized spacial score (nSPS) is 14.1. The highest BCUT2D eigenvalue weighted by Gasteiger charge is 2.17. The lowest BCUT2D eigenvalue weighted by Crippen LogP contribution is -2.35. The van der Waals surface area contributed by atoms with Crippen LogP contribution in [-0.2, 0) is 13.1 Å². The Hall–Kier alpha value is -2.52. The number of ether oxygens (including phenoxy) is 2. The molecule has 2 aromatic rings. The Bertz CT molecular complexity index is 688. The molecule has 0 aliphatic carbocycles. The van der Waals surface area contributed by atoms with Crippen molar-refractivity contribution in [1.29, 1.82) is 5.26 Å². The highest BCUT2D eigenvalue weighted by molar-refractivity contribution is 5.31. The fourth-order valence-corrected chi connectivity index (χ4v) is 2.72. The summed E-state index contributed by atoms with van der Waals surface area (Å²) in [5.74, 6) is 1.69. The molecule has 0 bridgehead atoms. The first-order valence-electron chi connectivity index (χ1n) is 7.74. The largest absolute Gasteiger partial charge is 0.497 e. The van der Waals surface area contributed by atoms with E-state index in [-0.39, 0.29) is 0 Å². The number of nitrogens with zero attached hydrogens (tertiary/aromatic N) is 4. The van der Waals surface area contributed by atoms with Crippen LogP contribution in [0, 0.1) is 11.3 Å². The van der Waals surface area contributed by atoms with Crippen molar-refractivity contribution in [3.63, 3.8) is 0 Å². The Morgan fingerprint density at radius 1 is 1.22 bits per heavy atom. The van der Waals surface area contributed by atoms with Gasteiger partial charge in [-0.1, -0.05) is 0 Å². The van der Waals surface area contributed by atoms with Crippen LogP contribution < -0.4 is 9.47 Å². The summed E-state index contributed by atoms with van der Waals surface area (Å²) in [4.78, 5) is 2.37. The summed E-state index contributed by atoms with van der Waals surface area (Å²) in [6.45, 7) is 4.31. The third-order valence-electron chi connectivity index (χ3n) is 3.94. The minimum Gasteiger partial charge on any atom is -0.497 e. The van der Waals surface area contributed by atoms with Gasteiger partial charge in [0.2, 0.25) is 0 Å². The zero-order valence-electron chi connectivity index (χ0n) is 13.2. The Morgan fingerprint density at radius 2 is 2.00 bits per heavy atom. The standard InChI is InChI=1S/C17H20N4O2/c1-22-16-3-5-17(6-4-16)23-10-2-7-20-8-9-21-15(13-20)11-14(12-18)19-21/h3-6,11H,2,7-10,13H2,1H3. The van der Waals surface area contributed by atoms with E-state index in [9.17, 15) is 0 Å². The molecule has 0 amide bonds. The zero-order chi connectivity index (χ0) is 16.1. The van der Waals surface area contributed by atoms with Crippen molar-refractivity contribution < 1.29 is 9.47 Å². The number of rotatable bonds is 6. The number of methoxy groups -OCH3 is 1. The van der Waals surface area contributed by atoms with E-state index in [1.165, 1.54) is 0 Å². The van der Waals surface area contributed by atoms with Crippen molar-refractivity contribution in [2.24, 2.45) is 0 Å². The fraction of sp³-hybridized carbons (Fsp3) is 0.412. The zero-order valence-corrected chi connectivity index (χ0v) is 13.2.